The average Bonchev–Trinajstić information content (AvgIpc) is 2.82. The summed E-state index contributed by atoms with van der Waals surface area (Å²) < 4.78 is 8.25. The molecule has 0 radical (unpaired) electrons. The van der Waals surface area contributed by atoms with Crippen molar-refractivity contribution in [2.24, 2.45) is 0 Å². The summed E-state index contributed by atoms with van der Waals surface area (Å²) in [6, 6.07) is 14.5. The van der Waals surface area contributed by atoms with Gasteiger partial charge in [0.05, 0.1) is 17.6 Å². The normalized spacial score (nSPS) is 11.0. The van der Waals surface area contributed by atoms with Crippen molar-refractivity contribution in [2.45, 2.75) is 33.7 Å². The van der Waals surface area contributed by atoms with Crippen molar-refractivity contribution in [3.8, 4) is 5.75 Å². The van der Waals surface area contributed by atoms with E-state index in [0.29, 0.717) is 0 Å². The molecule has 0 saturated heterocycles. The van der Waals surface area contributed by atoms with Gasteiger partial charge in [-0.2, -0.15) is 0 Å². The van der Waals surface area contributed by atoms with Crippen molar-refractivity contribution < 1.29 is 4.74 Å². The van der Waals surface area contributed by atoms with E-state index >= 15 is 0 Å². The van der Waals surface area contributed by atoms with Crippen molar-refractivity contribution in [3.63, 3.8) is 0 Å². The first-order valence-corrected chi connectivity index (χ1v) is 7.77. The van der Waals surface area contributed by atoms with Crippen LogP contribution >= 0.6 is 0 Å². The molecule has 0 atom stereocenters. The van der Waals surface area contributed by atoms with E-state index in [1.54, 1.807) is 0 Å². The van der Waals surface area contributed by atoms with Crippen molar-refractivity contribution in [1.82, 2.24) is 9.55 Å². The van der Waals surface area contributed by atoms with Gasteiger partial charge in [-0.3, -0.25) is 0 Å². The minimum absolute atomic E-state index is 0.720. The molecule has 0 amide bonds. The summed E-state index contributed by atoms with van der Waals surface area (Å²) in [7, 11) is 0. The number of benzene rings is 2. The van der Waals surface area contributed by atoms with Crippen LogP contribution in [0.15, 0.2) is 42.5 Å². The Hall–Kier alpha value is -2.29. The number of hydrogen-bond acceptors (Lipinski definition) is 2. The van der Waals surface area contributed by atoms with Crippen molar-refractivity contribution in [1.29, 1.82) is 0 Å². The number of ether oxygens (including phenoxy) is 1. The molecule has 0 saturated carbocycles. The van der Waals surface area contributed by atoms with E-state index in [0.717, 1.165) is 36.7 Å². The highest BCUT2D eigenvalue weighted by Gasteiger charge is 2.07. The first-order valence-electron chi connectivity index (χ1n) is 7.77. The highest BCUT2D eigenvalue weighted by atomic mass is 16.5. The van der Waals surface area contributed by atoms with E-state index in [4.69, 9.17) is 4.74 Å². The molecule has 0 N–H and O–H groups in total. The number of imidazole rings is 1. The molecule has 114 valence electrons. The van der Waals surface area contributed by atoms with Crippen molar-refractivity contribution in [2.75, 3.05) is 6.61 Å². The lowest BCUT2D eigenvalue weighted by Gasteiger charge is -2.12. The zero-order valence-corrected chi connectivity index (χ0v) is 13.5. The quantitative estimate of drug-likeness (QED) is 0.651. The van der Waals surface area contributed by atoms with Crippen LogP contribution in [0.3, 0.4) is 0 Å². The lowest BCUT2D eigenvalue weighted by molar-refractivity contribution is 0.298. The van der Waals surface area contributed by atoms with Gasteiger partial charge in [0.1, 0.15) is 11.6 Å². The Morgan fingerprint density at radius 3 is 2.45 bits per heavy atom. The maximum atomic E-state index is 5.98. The van der Waals surface area contributed by atoms with E-state index in [-0.39, 0.29) is 0 Å². The maximum absolute atomic E-state index is 5.98. The molecular weight excluding hydrogens is 272 g/mol. The molecular formula is C19H22N2O. The van der Waals surface area contributed by atoms with E-state index < -0.39 is 0 Å². The highest BCUT2D eigenvalue weighted by Crippen LogP contribution is 2.22. The molecule has 0 aliphatic heterocycles. The fourth-order valence-corrected chi connectivity index (χ4v) is 2.90. The molecule has 0 aliphatic rings. The van der Waals surface area contributed by atoms with Crippen LogP contribution in [0.1, 0.15) is 23.4 Å². The predicted octanol–water partition coefficient (Wildman–Crippen LogP) is 4.43. The summed E-state index contributed by atoms with van der Waals surface area (Å²) >= 11 is 0. The summed E-state index contributed by atoms with van der Waals surface area (Å²) in [6.45, 7) is 7.90. The summed E-state index contributed by atoms with van der Waals surface area (Å²) in [5.74, 6) is 2.09. The van der Waals surface area contributed by atoms with Gasteiger partial charge < -0.3 is 9.30 Å². The molecule has 1 heterocycles. The number of hydrogen-bond donors (Lipinski definition) is 0. The number of rotatable bonds is 5. The summed E-state index contributed by atoms with van der Waals surface area (Å²) in [5, 5.41) is 0. The fourth-order valence-electron chi connectivity index (χ4n) is 2.90. The Balaban J connectivity index is 1.64. The Labute approximate surface area is 131 Å². The zero-order chi connectivity index (χ0) is 15.5. The lowest BCUT2D eigenvalue weighted by Crippen LogP contribution is -2.07. The largest absolute Gasteiger partial charge is 0.493 e. The van der Waals surface area contributed by atoms with E-state index in [1.807, 2.05) is 6.07 Å². The fraction of sp³-hybridized carbons (Fsp3) is 0.316. The van der Waals surface area contributed by atoms with E-state index in [2.05, 4.69) is 66.7 Å². The average molecular weight is 294 g/mol. The Kier molecular flexibility index (Phi) is 4.14. The molecule has 0 aliphatic carbocycles. The molecule has 0 unspecified atom stereocenters. The Bertz CT molecular complexity index is 769. The molecule has 3 aromatic rings. The second kappa shape index (κ2) is 6.22. The van der Waals surface area contributed by atoms with Crippen LogP contribution in [0.2, 0.25) is 0 Å². The van der Waals surface area contributed by atoms with Gasteiger partial charge >= 0.3 is 0 Å². The van der Waals surface area contributed by atoms with Gasteiger partial charge in [0, 0.05) is 6.54 Å². The van der Waals surface area contributed by atoms with Crippen LogP contribution in [-0.2, 0) is 6.54 Å². The standard InChI is InChI=1S/C19H22N2O/c1-14-8-6-9-15(2)19(14)22-13-7-12-21-16(3)20-17-10-4-5-11-18(17)21/h4-6,8-11H,7,12-13H2,1-3H3. The van der Waals surface area contributed by atoms with Crippen LogP contribution in [0.4, 0.5) is 0 Å². The number of aryl methyl sites for hydroxylation is 4. The molecule has 0 fully saturated rings. The Morgan fingerprint density at radius 1 is 0.955 bits per heavy atom. The third-order valence-electron chi connectivity index (χ3n) is 4.03. The minimum atomic E-state index is 0.720. The minimum Gasteiger partial charge on any atom is -0.493 e. The van der Waals surface area contributed by atoms with Crippen molar-refractivity contribution in [3.05, 3.63) is 59.4 Å². The summed E-state index contributed by atoms with van der Waals surface area (Å²) in [6.07, 6.45) is 0.967. The van der Waals surface area contributed by atoms with Gasteiger partial charge in [-0.15, -0.1) is 0 Å². The van der Waals surface area contributed by atoms with Crippen LogP contribution in [0.25, 0.3) is 11.0 Å². The molecule has 2 aromatic carbocycles. The topological polar surface area (TPSA) is 27.1 Å². The third-order valence-corrected chi connectivity index (χ3v) is 4.03. The number of para-hydroxylation sites is 3. The summed E-state index contributed by atoms with van der Waals surface area (Å²) in [4.78, 5) is 4.60. The molecule has 3 nitrogen and oxygen atoms in total. The van der Waals surface area contributed by atoms with Crippen molar-refractivity contribution >= 4 is 11.0 Å². The smallest absolute Gasteiger partial charge is 0.125 e. The highest BCUT2D eigenvalue weighted by molar-refractivity contribution is 5.75. The number of aromatic nitrogens is 2. The van der Waals surface area contributed by atoms with Gasteiger partial charge in [0.25, 0.3) is 0 Å². The monoisotopic (exact) mass is 294 g/mol. The second-order valence-electron chi connectivity index (χ2n) is 5.72. The van der Waals surface area contributed by atoms with Gasteiger partial charge in [-0.05, 0) is 50.5 Å². The van der Waals surface area contributed by atoms with Gasteiger partial charge in [0.2, 0.25) is 0 Å². The first-order chi connectivity index (χ1) is 10.7. The number of nitrogens with zero attached hydrogens (tertiary/aromatic N) is 2. The van der Waals surface area contributed by atoms with Gasteiger partial charge in [-0.25, -0.2) is 4.98 Å². The van der Waals surface area contributed by atoms with Gasteiger partial charge in [0.15, 0.2) is 0 Å². The molecule has 22 heavy (non-hydrogen) atoms. The van der Waals surface area contributed by atoms with Crippen LogP contribution in [0, 0.1) is 20.8 Å². The lowest BCUT2D eigenvalue weighted by atomic mass is 10.1. The second-order valence-corrected chi connectivity index (χ2v) is 5.72. The van der Waals surface area contributed by atoms with Crippen LogP contribution in [0.5, 0.6) is 5.75 Å². The van der Waals surface area contributed by atoms with Crippen LogP contribution in [-0.4, -0.2) is 16.2 Å². The predicted molar refractivity (Wildman–Crippen MR) is 90.5 cm³/mol. The SMILES string of the molecule is Cc1cccc(C)c1OCCCn1c(C)nc2ccccc21. The number of fused-ring (bicyclic) bond motifs is 1. The molecule has 0 bridgehead atoms. The maximum Gasteiger partial charge on any atom is 0.125 e. The van der Waals surface area contributed by atoms with E-state index in [1.165, 1.54) is 16.6 Å². The third kappa shape index (κ3) is 2.84. The van der Waals surface area contributed by atoms with E-state index in [9.17, 15) is 0 Å². The Morgan fingerprint density at radius 2 is 1.68 bits per heavy atom. The first kappa shape index (κ1) is 14.6. The summed E-state index contributed by atoms with van der Waals surface area (Å²) in [5.41, 5.74) is 4.66. The molecule has 1 aromatic heterocycles. The molecule has 3 rings (SSSR count). The van der Waals surface area contributed by atoms with Gasteiger partial charge in [-0.1, -0.05) is 30.3 Å². The molecule has 0 spiro atoms. The van der Waals surface area contributed by atoms with Crippen LogP contribution < -0.4 is 4.74 Å². The zero-order valence-electron chi connectivity index (χ0n) is 13.5. The molecule has 3 heteroatoms.